The Bertz CT molecular complexity index is 718. The lowest BCUT2D eigenvalue weighted by atomic mass is 9.46. The van der Waals surface area contributed by atoms with Crippen molar-refractivity contribution in [2.45, 2.75) is 98.0 Å². The molecule has 0 amide bonds. The molecule has 162 valence electrons. The van der Waals surface area contributed by atoms with Gasteiger partial charge >= 0.3 is 0 Å². The third-order valence-corrected chi connectivity index (χ3v) is 10.2. The highest BCUT2D eigenvalue weighted by molar-refractivity contribution is 5.28. The lowest BCUT2D eigenvalue weighted by Crippen LogP contribution is -2.53. The zero-order valence-electron chi connectivity index (χ0n) is 19.2. The summed E-state index contributed by atoms with van der Waals surface area (Å²) in [4.78, 5) is 0. The van der Waals surface area contributed by atoms with E-state index >= 15 is 0 Å². The molecule has 29 heavy (non-hydrogen) atoms. The fourth-order valence-corrected chi connectivity index (χ4v) is 8.60. The molecule has 2 nitrogen and oxygen atoms in total. The van der Waals surface area contributed by atoms with Gasteiger partial charge < -0.3 is 9.84 Å². The molecule has 4 aliphatic carbocycles. The average molecular weight is 399 g/mol. The maximum atomic E-state index is 10.2. The second kappa shape index (κ2) is 7.14. The van der Waals surface area contributed by atoms with E-state index in [4.69, 9.17) is 4.74 Å². The smallest absolute Gasteiger partial charge is 0.0952 e. The summed E-state index contributed by atoms with van der Waals surface area (Å²) in [7, 11) is 0. The van der Waals surface area contributed by atoms with E-state index in [2.05, 4.69) is 33.8 Å². The van der Waals surface area contributed by atoms with Gasteiger partial charge in [0.1, 0.15) is 0 Å². The minimum Gasteiger partial charge on any atom is -0.497 e. The highest BCUT2D eigenvalue weighted by Gasteiger charge is 2.62. The molecule has 1 spiro atoms. The van der Waals surface area contributed by atoms with Crippen LogP contribution in [0.4, 0.5) is 0 Å². The number of aliphatic hydroxyl groups is 1. The molecule has 1 N–H and O–H groups in total. The van der Waals surface area contributed by atoms with Crippen molar-refractivity contribution in [1.29, 1.82) is 0 Å². The molecule has 7 atom stereocenters. The van der Waals surface area contributed by atoms with Crippen molar-refractivity contribution in [2.24, 2.45) is 40.4 Å². The molecule has 3 saturated carbocycles. The lowest BCUT2D eigenvalue weighted by Gasteiger charge is -2.59. The molecule has 0 aromatic heterocycles. The van der Waals surface area contributed by atoms with E-state index in [9.17, 15) is 5.11 Å². The van der Waals surface area contributed by atoms with Crippen molar-refractivity contribution in [3.8, 4) is 0 Å². The zero-order valence-corrected chi connectivity index (χ0v) is 19.2. The summed E-state index contributed by atoms with van der Waals surface area (Å²) < 4.78 is 6.57. The summed E-state index contributed by atoms with van der Waals surface area (Å²) in [6.07, 6.45) is 14.8. The van der Waals surface area contributed by atoms with E-state index in [0.717, 1.165) is 55.5 Å². The number of ether oxygens (including phenoxy) is 1. The molecule has 1 heterocycles. The molecule has 5 rings (SSSR count). The quantitative estimate of drug-likeness (QED) is 0.539. The Kier molecular flexibility index (Phi) is 4.97. The number of hydrogen-bond donors (Lipinski definition) is 1. The maximum Gasteiger partial charge on any atom is 0.0952 e. The van der Waals surface area contributed by atoms with Gasteiger partial charge in [-0.3, -0.25) is 0 Å². The summed E-state index contributed by atoms with van der Waals surface area (Å²) in [6, 6.07) is 0. The summed E-state index contributed by atoms with van der Waals surface area (Å²) in [5.74, 6) is 5.38. The van der Waals surface area contributed by atoms with Gasteiger partial charge in [0, 0.05) is 11.8 Å². The molecule has 3 unspecified atom stereocenters. The second-order valence-electron chi connectivity index (χ2n) is 11.9. The van der Waals surface area contributed by atoms with E-state index in [-0.39, 0.29) is 6.10 Å². The molecule has 0 bridgehead atoms. The van der Waals surface area contributed by atoms with Crippen LogP contribution in [-0.2, 0) is 4.74 Å². The number of rotatable bonds is 3. The fraction of sp³-hybridized carbons (Fsp3) is 0.852. The molecular weight excluding hydrogens is 356 g/mol. The number of aliphatic hydroxyl groups excluding tert-OH is 1. The molecule has 0 saturated heterocycles. The Labute approximate surface area is 178 Å². The van der Waals surface area contributed by atoms with Crippen LogP contribution in [-0.4, -0.2) is 17.8 Å². The summed E-state index contributed by atoms with van der Waals surface area (Å²) in [6.45, 7) is 10.6. The van der Waals surface area contributed by atoms with Crippen molar-refractivity contribution in [3.63, 3.8) is 0 Å². The first-order valence-corrected chi connectivity index (χ1v) is 12.5. The molecule has 0 aromatic rings. The third-order valence-electron chi connectivity index (χ3n) is 10.2. The van der Waals surface area contributed by atoms with E-state index in [0.29, 0.717) is 10.8 Å². The maximum absolute atomic E-state index is 10.2. The van der Waals surface area contributed by atoms with Crippen LogP contribution >= 0.6 is 0 Å². The summed E-state index contributed by atoms with van der Waals surface area (Å²) in [5, 5.41) is 10.2. The van der Waals surface area contributed by atoms with Crippen molar-refractivity contribution in [2.75, 3.05) is 6.61 Å². The van der Waals surface area contributed by atoms with Crippen molar-refractivity contribution < 1.29 is 9.84 Å². The number of allylic oxidation sites excluding steroid dienone is 3. The van der Waals surface area contributed by atoms with Crippen LogP contribution in [0, 0.1) is 40.4 Å². The van der Waals surface area contributed by atoms with Crippen LogP contribution < -0.4 is 0 Å². The minimum atomic E-state index is -0.0968. The minimum absolute atomic E-state index is 0.0968. The van der Waals surface area contributed by atoms with E-state index < -0.39 is 0 Å². The first-order chi connectivity index (χ1) is 13.8. The van der Waals surface area contributed by atoms with Gasteiger partial charge in [0.15, 0.2) is 0 Å². The molecule has 5 aliphatic rings. The van der Waals surface area contributed by atoms with Crippen molar-refractivity contribution in [1.82, 2.24) is 0 Å². The summed E-state index contributed by atoms with van der Waals surface area (Å²) in [5.41, 5.74) is 3.97. The van der Waals surface area contributed by atoms with Crippen molar-refractivity contribution >= 4 is 0 Å². The Morgan fingerprint density at radius 1 is 1.14 bits per heavy atom. The molecule has 0 radical (unpaired) electrons. The second-order valence-corrected chi connectivity index (χ2v) is 11.9. The number of fused-ring (bicyclic) bond motifs is 4. The summed E-state index contributed by atoms with van der Waals surface area (Å²) >= 11 is 0. The first kappa shape index (κ1) is 20.2. The van der Waals surface area contributed by atoms with Crippen LogP contribution in [0.2, 0.25) is 0 Å². The lowest BCUT2D eigenvalue weighted by molar-refractivity contribution is -0.0920. The first-order valence-electron chi connectivity index (χ1n) is 12.5. The van der Waals surface area contributed by atoms with Gasteiger partial charge in [-0.25, -0.2) is 0 Å². The Balaban J connectivity index is 1.41. The third kappa shape index (κ3) is 2.99. The topological polar surface area (TPSA) is 29.5 Å². The highest BCUT2D eigenvalue weighted by atomic mass is 16.5. The standard InChI is InChI=1S/C27H42O2/c1-17(2)5-10-25-18(3)22-8-9-24-21-7-6-19-15-20(28)11-13-26(19,4)23(21)12-14-27(22,24)16-29-25/h6,17,20-24,28H,5,7-16H2,1-4H3/t20-,21?,22+,23?,24?,26-,27-/m0/s1. The van der Waals surface area contributed by atoms with Crippen LogP contribution in [0.1, 0.15) is 91.9 Å². The molecule has 3 fully saturated rings. The van der Waals surface area contributed by atoms with Crippen LogP contribution in [0.5, 0.6) is 0 Å². The van der Waals surface area contributed by atoms with E-state index in [1.807, 2.05) is 0 Å². The van der Waals surface area contributed by atoms with Crippen LogP contribution in [0.15, 0.2) is 23.0 Å². The van der Waals surface area contributed by atoms with Gasteiger partial charge in [-0.05, 0) is 105 Å². The largest absolute Gasteiger partial charge is 0.497 e. The van der Waals surface area contributed by atoms with Gasteiger partial charge in [0.25, 0.3) is 0 Å². The predicted molar refractivity (Wildman–Crippen MR) is 118 cm³/mol. The fourth-order valence-electron chi connectivity index (χ4n) is 8.60. The van der Waals surface area contributed by atoms with Gasteiger partial charge in [-0.2, -0.15) is 0 Å². The van der Waals surface area contributed by atoms with E-state index in [1.54, 1.807) is 11.1 Å². The van der Waals surface area contributed by atoms with Gasteiger partial charge in [-0.15, -0.1) is 0 Å². The molecule has 2 heteroatoms. The van der Waals surface area contributed by atoms with Crippen LogP contribution in [0.3, 0.4) is 0 Å². The number of hydrogen-bond acceptors (Lipinski definition) is 2. The Hall–Kier alpha value is -0.760. The molecule has 0 aromatic carbocycles. The van der Waals surface area contributed by atoms with Gasteiger partial charge in [0.2, 0.25) is 0 Å². The monoisotopic (exact) mass is 398 g/mol. The van der Waals surface area contributed by atoms with E-state index in [1.165, 1.54) is 50.7 Å². The van der Waals surface area contributed by atoms with Gasteiger partial charge in [-0.1, -0.05) is 32.4 Å². The SMILES string of the molecule is CC1=C(CCC(C)C)OC[C@]23CCC4C(CC=C5C[C@@H](O)CC[C@@]54C)C2CC[C@H]13. The normalized spacial score (nSPS) is 46.4. The Morgan fingerprint density at radius 2 is 1.97 bits per heavy atom. The van der Waals surface area contributed by atoms with Crippen LogP contribution in [0.25, 0.3) is 0 Å². The zero-order chi connectivity index (χ0) is 20.4. The molecule has 1 aliphatic heterocycles. The average Bonchev–Trinajstić information content (AvgIpc) is 3.08. The Morgan fingerprint density at radius 3 is 2.76 bits per heavy atom. The van der Waals surface area contributed by atoms with Gasteiger partial charge in [0.05, 0.1) is 18.5 Å². The highest BCUT2D eigenvalue weighted by Crippen LogP contribution is 2.68. The van der Waals surface area contributed by atoms with Crippen molar-refractivity contribution in [3.05, 3.63) is 23.0 Å². The predicted octanol–water partition coefficient (Wildman–Crippen LogP) is 6.65. The molecular formula is C27H42O2.